The predicted molar refractivity (Wildman–Crippen MR) is 67.0 cm³/mol. The zero-order chi connectivity index (χ0) is 11.5. The molecule has 0 unspecified atom stereocenters. The van der Waals surface area contributed by atoms with Crippen LogP contribution in [-0.2, 0) is 6.42 Å². The van der Waals surface area contributed by atoms with E-state index in [2.05, 4.69) is 21.3 Å². The van der Waals surface area contributed by atoms with Crippen molar-refractivity contribution < 1.29 is 4.42 Å². The van der Waals surface area contributed by atoms with E-state index in [9.17, 15) is 0 Å². The lowest BCUT2D eigenvalue weighted by Crippen LogP contribution is -2.44. The van der Waals surface area contributed by atoms with Crippen molar-refractivity contribution in [2.75, 3.05) is 32.7 Å². The van der Waals surface area contributed by atoms with Crippen LogP contribution in [0.3, 0.4) is 0 Å². The van der Waals surface area contributed by atoms with Crippen molar-refractivity contribution in [3.63, 3.8) is 0 Å². The van der Waals surface area contributed by atoms with Crippen LogP contribution in [0, 0.1) is 0 Å². The molecule has 0 spiro atoms. The normalized spacial score (nSPS) is 17.6. The summed E-state index contributed by atoms with van der Waals surface area (Å²) in [6.45, 7) is 5.60. The van der Waals surface area contributed by atoms with Crippen molar-refractivity contribution in [2.45, 2.75) is 6.42 Å². The summed E-state index contributed by atoms with van der Waals surface area (Å²) in [5.41, 5.74) is 2.02. The number of furan rings is 1. The van der Waals surface area contributed by atoms with Gasteiger partial charge < -0.3 is 14.6 Å². The summed E-state index contributed by atoms with van der Waals surface area (Å²) < 4.78 is 5.29. The minimum absolute atomic E-state index is 0.871. The Kier molecular flexibility index (Phi) is 3.07. The number of nitrogens with zero attached hydrogens (tertiary/aromatic N) is 2. The van der Waals surface area contributed by atoms with Gasteiger partial charge in [-0.3, -0.25) is 4.98 Å². The third-order valence-electron chi connectivity index (χ3n) is 3.29. The highest BCUT2D eigenvalue weighted by molar-refractivity contribution is 5.76. The van der Waals surface area contributed by atoms with Gasteiger partial charge >= 0.3 is 0 Å². The van der Waals surface area contributed by atoms with Gasteiger partial charge in [0.25, 0.3) is 0 Å². The molecule has 90 valence electrons. The lowest BCUT2D eigenvalue weighted by atomic mass is 10.2. The zero-order valence-electron chi connectivity index (χ0n) is 9.85. The Bertz CT molecular complexity index is 488. The van der Waals surface area contributed by atoms with E-state index in [-0.39, 0.29) is 0 Å². The van der Waals surface area contributed by atoms with E-state index < -0.39 is 0 Å². The second-order valence-corrected chi connectivity index (χ2v) is 4.48. The summed E-state index contributed by atoms with van der Waals surface area (Å²) >= 11 is 0. The minimum atomic E-state index is 0.871. The largest absolute Gasteiger partial charge is 0.463 e. The third kappa shape index (κ3) is 2.48. The van der Waals surface area contributed by atoms with Crippen LogP contribution < -0.4 is 5.32 Å². The Morgan fingerprint density at radius 1 is 1.35 bits per heavy atom. The maximum atomic E-state index is 5.29. The van der Waals surface area contributed by atoms with Gasteiger partial charge in [-0.2, -0.15) is 0 Å². The molecule has 3 heterocycles. The van der Waals surface area contributed by atoms with Gasteiger partial charge in [-0.25, -0.2) is 0 Å². The summed E-state index contributed by atoms with van der Waals surface area (Å²) in [7, 11) is 0. The lowest BCUT2D eigenvalue weighted by Gasteiger charge is -2.26. The topological polar surface area (TPSA) is 41.3 Å². The van der Waals surface area contributed by atoms with E-state index in [1.54, 1.807) is 6.26 Å². The highest BCUT2D eigenvalue weighted by atomic mass is 16.3. The molecule has 4 nitrogen and oxygen atoms in total. The van der Waals surface area contributed by atoms with Crippen LogP contribution in [0.1, 0.15) is 5.69 Å². The fourth-order valence-electron chi connectivity index (χ4n) is 2.26. The van der Waals surface area contributed by atoms with E-state index in [0.717, 1.165) is 55.8 Å². The summed E-state index contributed by atoms with van der Waals surface area (Å²) in [6.07, 6.45) is 4.55. The average molecular weight is 231 g/mol. The summed E-state index contributed by atoms with van der Waals surface area (Å²) in [5, 5.41) is 4.51. The van der Waals surface area contributed by atoms with Crippen LogP contribution in [0.5, 0.6) is 0 Å². The van der Waals surface area contributed by atoms with Gasteiger partial charge in [-0.05, 0) is 12.1 Å². The van der Waals surface area contributed by atoms with Crippen molar-refractivity contribution in [2.24, 2.45) is 0 Å². The molecule has 0 atom stereocenters. The maximum Gasteiger partial charge on any atom is 0.152 e. The average Bonchev–Trinajstić information content (AvgIpc) is 2.85. The van der Waals surface area contributed by atoms with E-state index in [0.29, 0.717) is 0 Å². The molecule has 0 saturated carbocycles. The molecular weight excluding hydrogens is 214 g/mol. The molecule has 0 amide bonds. The molecule has 0 bridgehead atoms. The second-order valence-electron chi connectivity index (χ2n) is 4.48. The van der Waals surface area contributed by atoms with E-state index in [1.165, 1.54) is 0 Å². The fourth-order valence-corrected chi connectivity index (χ4v) is 2.26. The number of hydrogen-bond acceptors (Lipinski definition) is 4. The summed E-state index contributed by atoms with van der Waals surface area (Å²) in [6, 6.07) is 4.12. The predicted octanol–water partition coefficient (Wildman–Crippen LogP) is 1.28. The Balaban J connectivity index is 1.63. The highest BCUT2D eigenvalue weighted by Crippen LogP contribution is 2.15. The van der Waals surface area contributed by atoms with Crippen LogP contribution in [0.2, 0.25) is 0 Å². The van der Waals surface area contributed by atoms with Crippen molar-refractivity contribution in [1.29, 1.82) is 0 Å². The second kappa shape index (κ2) is 4.85. The number of hydrogen-bond donors (Lipinski definition) is 1. The van der Waals surface area contributed by atoms with Gasteiger partial charge in [0, 0.05) is 50.2 Å². The van der Waals surface area contributed by atoms with Gasteiger partial charge in [0.2, 0.25) is 0 Å². The number of fused-ring (bicyclic) bond motifs is 1. The van der Waals surface area contributed by atoms with Crippen LogP contribution in [-0.4, -0.2) is 42.6 Å². The van der Waals surface area contributed by atoms with Gasteiger partial charge in [0.1, 0.15) is 0 Å². The van der Waals surface area contributed by atoms with Crippen LogP contribution in [0.15, 0.2) is 29.0 Å². The first kappa shape index (κ1) is 10.7. The fraction of sp³-hybridized carbons (Fsp3) is 0.462. The van der Waals surface area contributed by atoms with Gasteiger partial charge in [-0.15, -0.1) is 0 Å². The molecule has 0 aliphatic carbocycles. The van der Waals surface area contributed by atoms with Crippen LogP contribution in [0.4, 0.5) is 0 Å². The van der Waals surface area contributed by atoms with E-state index in [4.69, 9.17) is 4.42 Å². The summed E-state index contributed by atoms with van der Waals surface area (Å²) in [5.74, 6) is 0. The maximum absolute atomic E-state index is 5.29. The van der Waals surface area contributed by atoms with Crippen molar-refractivity contribution in [3.8, 4) is 0 Å². The molecule has 0 aromatic carbocycles. The molecule has 1 fully saturated rings. The summed E-state index contributed by atoms with van der Waals surface area (Å²) in [4.78, 5) is 6.91. The first-order chi connectivity index (χ1) is 8.42. The van der Waals surface area contributed by atoms with Crippen LogP contribution in [0.25, 0.3) is 11.0 Å². The number of pyridine rings is 1. The monoisotopic (exact) mass is 231 g/mol. The molecule has 1 N–H and O–H groups in total. The molecule has 3 rings (SSSR count). The molecule has 4 heteroatoms. The first-order valence-corrected chi connectivity index (χ1v) is 6.17. The third-order valence-corrected chi connectivity index (χ3v) is 3.29. The Morgan fingerprint density at radius 2 is 2.24 bits per heavy atom. The molecule has 1 saturated heterocycles. The van der Waals surface area contributed by atoms with Gasteiger partial charge in [0.15, 0.2) is 5.58 Å². The minimum Gasteiger partial charge on any atom is -0.463 e. The number of nitrogens with one attached hydrogen (secondary N) is 1. The molecule has 1 aliphatic heterocycles. The van der Waals surface area contributed by atoms with Crippen molar-refractivity contribution in [3.05, 3.63) is 30.3 Å². The number of piperazine rings is 1. The number of rotatable bonds is 3. The molecule has 1 aliphatic rings. The first-order valence-electron chi connectivity index (χ1n) is 6.17. The molecule has 0 radical (unpaired) electrons. The molecular formula is C13H17N3O. The number of aromatic nitrogens is 1. The van der Waals surface area contributed by atoms with E-state index in [1.807, 2.05) is 12.3 Å². The Hall–Kier alpha value is -1.39. The molecule has 2 aromatic heterocycles. The van der Waals surface area contributed by atoms with Crippen LogP contribution >= 0.6 is 0 Å². The standard InChI is InChI=1S/C13H17N3O/c1(5-16-6-3-14-4-7-16)12-9-11-2-8-17-13(11)10-15-12/h2,8-10,14H,1,3-7H2. The quantitative estimate of drug-likeness (QED) is 0.864. The lowest BCUT2D eigenvalue weighted by molar-refractivity contribution is 0.243. The van der Waals surface area contributed by atoms with Gasteiger partial charge in [0.05, 0.1) is 12.5 Å². The molecule has 2 aromatic rings. The Labute approximate surface area is 101 Å². The van der Waals surface area contributed by atoms with Crippen molar-refractivity contribution >= 4 is 11.0 Å². The highest BCUT2D eigenvalue weighted by Gasteiger charge is 2.09. The van der Waals surface area contributed by atoms with Gasteiger partial charge in [-0.1, -0.05) is 0 Å². The smallest absolute Gasteiger partial charge is 0.152 e. The SMILES string of the molecule is c1cc2cc(CCN3CCNCC3)ncc2o1. The van der Waals surface area contributed by atoms with Crippen molar-refractivity contribution in [1.82, 2.24) is 15.2 Å². The van der Waals surface area contributed by atoms with E-state index >= 15 is 0 Å². The zero-order valence-corrected chi connectivity index (χ0v) is 9.85. The Morgan fingerprint density at radius 3 is 3.12 bits per heavy atom. The molecule has 17 heavy (non-hydrogen) atoms.